The number of nitrogens with zero attached hydrogens (tertiary/aromatic N) is 5. The summed E-state index contributed by atoms with van der Waals surface area (Å²) in [5, 5.41) is 0.567. The summed E-state index contributed by atoms with van der Waals surface area (Å²) in [6, 6.07) is 11.6. The van der Waals surface area contributed by atoms with E-state index >= 15 is 0 Å². The fraction of sp³-hybridized carbons (Fsp3) is 0.394. The largest absolute Gasteiger partial charge is 0.464 e. The van der Waals surface area contributed by atoms with Gasteiger partial charge in [0, 0.05) is 64.8 Å². The minimum atomic E-state index is -1.17. The molecule has 1 aromatic carbocycles. The van der Waals surface area contributed by atoms with Crippen molar-refractivity contribution in [1.82, 2.24) is 14.5 Å². The molecule has 0 bridgehead atoms. The van der Waals surface area contributed by atoms with Gasteiger partial charge in [-0.2, -0.15) is 0 Å². The quantitative estimate of drug-likeness (QED) is 0.253. The Labute approximate surface area is 251 Å². The first-order valence-electron chi connectivity index (χ1n) is 14.5. The number of aryl methyl sites for hydroxylation is 1. The zero-order valence-electron chi connectivity index (χ0n) is 25.7. The zero-order valence-corrected chi connectivity index (χ0v) is 25.7. The number of carbonyl (C=O) groups is 2. The number of methoxy groups -OCH3 is 1. The maximum atomic E-state index is 13.4. The molecule has 0 aliphatic carbocycles. The molecule has 4 heterocycles. The van der Waals surface area contributed by atoms with Crippen LogP contribution in [-0.4, -0.2) is 53.5 Å². The summed E-state index contributed by atoms with van der Waals surface area (Å²) >= 11 is 0. The van der Waals surface area contributed by atoms with Crippen molar-refractivity contribution in [3.8, 4) is 0 Å². The van der Waals surface area contributed by atoms with Gasteiger partial charge in [0.15, 0.2) is 0 Å². The number of amides is 2. The van der Waals surface area contributed by atoms with Gasteiger partial charge in [-0.15, -0.1) is 0 Å². The van der Waals surface area contributed by atoms with Crippen molar-refractivity contribution >= 4 is 34.2 Å². The lowest BCUT2D eigenvalue weighted by Crippen LogP contribution is -2.47. The van der Waals surface area contributed by atoms with Crippen LogP contribution in [0.25, 0.3) is 11.0 Å². The molecule has 1 aliphatic rings. The lowest BCUT2D eigenvalue weighted by Gasteiger charge is -2.27. The number of ether oxygens (including phenoxy) is 1. The Kier molecular flexibility index (Phi) is 8.52. The van der Waals surface area contributed by atoms with Gasteiger partial charge in [0.1, 0.15) is 11.0 Å². The van der Waals surface area contributed by atoms with Gasteiger partial charge in [0.25, 0.3) is 5.56 Å². The predicted octanol–water partition coefficient (Wildman–Crippen LogP) is 4.50. The first kappa shape index (κ1) is 30.2. The molecule has 0 saturated heterocycles. The number of anilines is 2. The maximum Gasteiger partial charge on any atom is 0.261 e. The number of fused-ring (bicyclic) bond motifs is 2. The summed E-state index contributed by atoms with van der Waals surface area (Å²) in [4.78, 5) is 50.0. The number of hydrogen-bond donors (Lipinski definition) is 0. The Morgan fingerprint density at radius 2 is 1.84 bits per heavy atom. The van der Waals surface area contributed by atoms with Gasteiger partial charge in [-0.25, -0.2) is 0 Å². The van der Waals surface area contributed by atoms with Crippen LogP contribution < -0.4 is 15.4 Å². The third kappa shape index (κ3) is 5.72. The highest BCUT2D eigenvalue weighted by Crippen LogP contribution is 2.39. The highest BCUT2D eigenvalue weighted by atomic mass is 16.5. The second kappa shape index (κ2) is 12.1. The van der Waals surface area contributed by atoms with Crippen LogP contribution in [-0.2, 0) is 40.6 Å². The molecule has 2 amide bonds. The smallest absolute Gasteiger partial charge is 0.261 e. The Morgan fingerprint density at radius 1 is 1.05 bits per heavy atom. The van der Waals surface area contributed by atoms with Crippen LogP contribution in [0.15, 0.2) is 64.3 Å². The molecule has 10 heteroatoms. The van der Waals surface area contributed by atoms with E-state index in [0.29, 0.717) is 61.7 Å². The van der Waals surface area contributed by atoms with E-state index in [9.17, 15) is 14.4 Å². The monoisotopic (exact) mass is 585 g/mol. The normalized spacial score (nSPS) is 15.0. The lowest BCUT2D eigenvalue weighted by atomic mass is 9.90. The molecule has 0 saturated carbocycles. The number of rotatable bonds is 10. The highest BCUT2D eigenvalue weighted by Gasteiger charge is 2.45. The summed E-state index contributed by atoms with van der Waals surface area (Å²) in [5.41, 5.74) is 4.53. The van der Waals surface area contributed by atoms with E-state index in [4.69, 9.17) is 9.15 Å². The molecule has 5 rings (SSSR count). The minimum absolute atomic E-state index is 0.0899. The van der Waals surface area contributed by atoms with Gasteiger partial charge >= 0.3 is 0 Å². The SMILES string of the molecule is CCN1C(=O)C(C)(C)C(=O)N(C)c2cc(CN(CCn3cc(C)c4occc4c3=O)Cc3cccnc3COC)ccc21. The second-order valence-corrected chi connectivity index (χ2v) is 11.6. The molecule has 0 atom stereocenters. The maximum absolute atomic E-state index is 13.4. The molecule has 0 N–H and O–H groups in total. The molecule has 43 heavy (non-hydrogen) atoms. The van der Waals surface area contributed by atoms with Crippen molar-refractivity contribution in [3.63, 3.8) is 0 Å². The third-order valence-corrected chi connectivity index (χ3v) is 8.21. The Morgan fingerprint density at radius 3 is 2.58 bits per heavy atom. The first-order chi connectivity index (χ1) is 20.6. The zero-order chi connectivity index (χ0) is 30.9. The summed E-state index contributed by atoms with van der Waals surface area (Å²) in [5.74, 6) is -0.454. The van der Waals surface area contributed by atoms with E-state index in [2.05, 4.69) is 9.88 Å². The summed E-state index contributed by atoms with van der Waals surface area (Å²) < 4.78 is 12.6. The van der Waals surface area contributed by atoms with Crippen LogP contribution >= 0.6 is 0 Å². The minimum Gasteiger partial charge on any atom is -0.464 e. The number of furan rings is 1. The standard InChI is InChI=1S/C33H39N5O5/c1-7-38-27-11-10-23(17-28(27)35(5)31(40)33(3,4)32(38)41)19-36(20-24-9-8-13-34-26(24)21-42-6)14-15-37-18-22(2)29-25(30(37)39)12-16-43-29/h8-13,16-18H,7,14-15,19-21H2,1-6H3. The van der Waals surface area contributed by atoms with E-state index in [1.807, 2.05) is 50.4 Å². The van der Waals surface area contributed by atoms with E-state index < -0.39 is 5.41 Å². The number of pyridine rings is 2. The molecule has 0 fully saturated rings. The Hall–Kier alpha value is -4.28. The number of carbonyl (C=O) groups excluding carboxylic acids is 2. The van der Waals surface area contributed by atoms with Crippen molar-refractivity contribution in [3.05, 3.63) is 87.8 Å². The molecular weight excluding hydrogens is 546 g/mol. The molecule has 226 valence electrons. The lowest BCUT2D eigenvalue weighted by molar-refractivity contribution is -0.137. The van der Waals surface area contributed by atoms with Gasteiger partial charge in [0.2, 0.25) is 11.8 Å². The van der Waals surface area contributed by atoms with Crippen LogP contribution in [0.2, 0.25) is 0 Å². The molecule has 0 unspecified atom stereocenters. The Balaban J connectivity index is 1.49. The fourth-order valence-electron chi connectivity index (χ4n) is 5.84. The Bertz CT molecular complexity index is 1720. The van der Waals surface area contributed by atoms with Crippen LogP contribution in [0, 0.1) is 12.3 Å². The molecule has 3 aromatic heterocycles. The number of hydrogen-bond acceptors (Lipinski definition) is 7. The van der Waals surface area contributed by atoms with Crippen molar-refractivity contribution in [2.45, 2.75) is 53.9 Å². The average molecular weight is 586 g/mol. The van der Waals surface area contributed by atoms with Crippen LogP contribution in [0.4, 0.5) is 11.4 Å². The molecule has 4 aromatic rings. The predicted molar refractivity (Wildman–Crippen MR) is 166 cm³/mol. The summed E-state index contributed by atoms with van der Waals surface area (Å²) in [6.07, 6.45) is 5.14. The second-order valence-electron chi connectivity index (χ2n) is 11.6. The van der Waals surface area contributed by atoms with E-state index in [0.717, 1.165) is 22.4 Å². The van der Waals surface area contributed by atoms with Gasteiger partial charge in [-0.05, 0) is 63.1 Å². The summed E-state index contributed by atoms with van der Waals surface area (Å²) in [6.45, 7) is 10.2. The van der Waals surface area contributed by atoms with Gasteiger partial charge < -0.3 is 23.5 Å². The first-order valence-corrected chi connectivity index (χ1v) is 14.5. The van der Waals surface area contributed by atoms with E-state index in [1.165, 1.54) is 0 Å². The molecule has 1 aliphatic heterocycles. The van der Waals surface area contributed by atoms with E-state index in [-0.39, 0.29) is 17.4 Å². The highest BCUT2D eigenvalue weighted by molar-refractivity contribution is 6.19. The summed E-state index contributed by atoms with van der Waals surface area (Å²) in [7, 11) is 3.38. The van der Waals surface area contributed by atoms with Crippen LogP contribution in [0.5, 0.6) is 0 Å². The van der Waals surface area contributed by atoms with Crippen molar-refractivity contribution in [1.29, 1.82) is 0 Å². The van der Waals surface area contributed by atoms with Gasteiger partial charge in [0.05, 0.1) is 35.3 Å². The molecule has 10 nitrogen and oxygen atoms in total. The van der Waals surface area contributed by atoms with Crippen LogP contribution in [0.3, 0.4) is 0 Å². The van der Waals surface area contributed by atoms with Crippen molar-refractivity contribution < 1.29 is 18.7 Å². The average Bonchev–Trinajstić information content (AvgIpc) is 3.49. The van der Waals surface area contributed by atoms with Crippen LogP contribution in [0.1, 0.15) is 43.2 Å². The van der Waals surface area contributed by atoms with E-state index in [1.54, 1.807) is 60.9 Å². The third-order valence-electron chi connectivity index (χ3n) is 8.21. The van der Waals surface area contributed by atoms with Crippen molar-refractivity contribution in [2.24, 2.45) is 5.41 Å². The topological polar surface area (TPSA) is 101 Å². The molecule has 0 radical (unpaired) electrons. The van der Waals surface area contributed by atoms with Gasteiger partial charge in [-0.3, -0.25) is 24.3 Å². The van der Waals surface area contributed by atoms with Gasteiger partial charge in [-0.1, -0.05) is 12.1 Å². The number of aromatic nitrogens is 2. The number of benzene rings is 1. The molecular formula is C33H39N5O5. The fourth-order valence-corrected chi connectivity index (χ4v) is 5.84. The van der Waals surface area contributed by atoms with Crippen molar-refractivity contribution in [2.75, 3.05) is 37.0 Å². The molecule has 0 spiro atoms.